The molecule has 44 heavy (non-hydrogen) atoms. The van der Waals surface area contributed by atoms with Crippen LogP contribution in [0.2, 0.25) is 0 Å². The van der Waals surface area contributed by atoms with Crippen molar-refractivity contribution in [3.63, 3.8) is 0 Å². The fraction of sp³-hybridized carbons (Fsp3) is 0.269. The third-order valence-electron chi connectivity index (χ3n) is 6.09. The molecule has 7 N–H and O–H groups in total. The molecule has 236 valence electrons. The number of nitrogen functional groups attached to an aromatic ring is 2. The van der Waals surface area contributed by atoms with Crippen molar-refractivity contribution in [1.29, 1.82) is 0 Å². The Morgan fingerprint density at radius 2 is 1.57 bits per heavy atom. The molecular formula is C26H31N7O9S2. The number of aliphatic hydroxyl groups is 1. The third-order valence-corrected chi connectivity index (χ3v) is 8.61. The number of aryl methyl sites for hydroxylation is 1. The van der Waals surface area contributed by atoms with Crippen molar-refractivity contribution in [3.05, 3.63) is 53.6 Å². The molecule has 3 rings (SSSR count). The molecule has 0 spiro atoms. The molecule has 0 atom stereocenters. The lowest BCUT2D eigenvalue weighted by Gasteiger charge is -2.13. The molecule has 3 aromatic rings. The lowest BCUT2D eigenvalue weighted by molar-refractivity contribution is 0.0601. The van der Waals surface area contributed by atoms with Crippen LogP contribution in [0.15, 0.2) is 67.8 Å². The SMILES string of the molecule is COC(=O)c1ccccc1/N=N/c1c(N)c(/N=N/c2cc(C)c(NCCS(=O)(=O)CCO)cc2OC)cc(S(=O)(=O)O)c1N. The summed E-state index contributed by atoms with van der Waals surface area (Å²) in [5, 5.41) is 28.0. The average Bonchev–Trinajstić information content (AvgIpc) is 2.96. The number of benzene rings is 3. The van der Waals surface area contributed by atoms with Crippen LogP contribution in [-0.2, 0) is 24.7 Å². The van der Waals surface area contributed by atoms with Crippen LogP contribution < -0.4 is 21.5 Å². The predicted molar refractivity (Wildman–Crippen MR) is 163 cm³/mol. The van der Waals surface area contributed by atoms with Crippen molar-refractivity contribution in [3.8, 4) is 5.75 Å². The number of carbonyl (C=O) groups excluding carboxylic acids is 1. The zero-order valence-electron chi connectivity index (χ0n) is 23.9. The first kappa shape index (κ1) is 33.8. The number of hydrogen-bond acceptors (Lipinski definition) is 15. The minimum absolute atomic E-state index is 0.0638. The van der Waals surface area contributed by atoms with Crippen molar-refractivity contribution in [2.45, 2.75) is 11.8 Å². The molecule has 0 aromatic heterocycles. The van der Waals surface area contributed by atoms with Gasteiger partial charge in [-0.2, -0.15) is 8.42 Å². The largest absolute Gasteiger partial charge is 0.494 e. The quantitative estimate of drug-likeness (QED) is 0.0765. The Morgan fingerprint density at radius 1 is 0.909 bits per heavy atom. The van der Waals surface area contributed by atoms with E-state index in [-0.39, 0.29) is 57.8 Å². The molecule has 0 saturated heterocycles. The van der Waals surface area contributed by atoms with Crippen LogP contribution in [0, 0.1) is 6.92 Å². The number of aliphatic hydroxyl groups excluding tert-OH is 1. The number of nitrogens with one attached hydrogen (secondary N) is 1. The number of rotatable bonds is 13. The smallest absolute Gasteiger partial charge is 0.340 e. The van der Waals surface area contributed by atoms with Gasteiger partial charge in [0.05, 0.1) is 49.3 Å². The number of nitrogens with two attached hydrogens (primary N) is 2. The zero-order valence-corrected chi connectivity index (χ0v) is 25.5. The minimum atomic E-state index is -4.88. The Hall–Kier alpha value is -4.65. The molecule has 0 aliphatic carbocycles. The van der Waals surface area contributed by atoms with Gasteiger partial charge in [-0.05, 0) is 36.8 Å². The summed E-state index contributed by atoms with van der Waals surface area (Å²) in [7, 11) is -5.75. The van der Waals surface area contributed by atoms with E-state index in [1.165, 1.54) is 26.4 Å². The second-order valence-electron chi connectivity index (χ2n) is 9.09. The van der Waals surface area contributed by atoms with Crippen molar-refractivity contribution >= 4 is 65.7 Å². The Kier molecular flexibility index (Phi) is 10.9. The topological polar surface area (TPSA) is 258 Å². The lowest BCUT2D eigenvalue weighted by Crippen LogP contribution is -2.20. The normalized spacial score (nSPS) is 12.1. The number of esters is 1. The molecule has 0 fully saturated rings. The highest BCUT2D eigenvalue weighted by Crippen LogP contribution is 2.44. The predicted octanol–water partition coefficient (Wildman–Crippen LogP) is 3.85. The molecule has 0 heterocycles. The summed E-state index contributed by atoms with van der Waals surface area (Å²) in [6, 6.07) is 10.1. The molecule has 0 amide bonds. The number of carbonyl (C=O) groups is 1. The van der Waals surface area contributed by atoms with Crippen LogP contribution in [0.4, 0.5) is 39.8 Å². The van der Waals surface area contributed by atoms with E-state index in [2.05, 4.69) is 25.8 Å². The fourth-order valence-corrected chi connectivity index (χ4v) is 5.34. The van der Waals surface area contributed by atoms with Gasteiger partial charge in [0.2, 0.25) is 0 Å². The second kappa shape index (κ2) is 14.2. The van der Waals surface area contributed by atoms with Crippen molar-refractivity contribution in [1.82, 2.24) is 0 Å². The molecule has 0 radical (unpaired) electrons. The Balaban J connectivity index is 2.03. The van der Waals surface area contributed by atoms with E-state index in [9.17, 15) is 26.2 Å². The number of azo groups is 2. The van der Waals surface area contributed by atoms with Crippen LogP contribution in [0.25, 0.3) is 0 Å². The summed E-state index contributed by atoms with van der Waals surface area (Å²) in [5.41, 5.74) is 12.4. The van der Waals surface area contributed by atoms with E-state index < -0.39 is 43.1 Å². The van der Waals surface area contributed by atoms with Gasteiger partial charge < -0.3 is 31.4 Å². The maximum atomic E-state index is 12.1. The molecule has 18 heteroatoms. The van der Waals surface area contributed by atoms with Gasteiger partial charge in [0, 0.05) is 18.3 Å². The van der Waals surface area contributed by atoms with E-state index >= 15 is 0 Å². The van der Waals surface area contributed by atoms with Gasteiger partial charge >= 0.3 is 5.97 Å². The summed E-state index contributed by atoms with van der Waals surface area (Å²) in [4.78, 5) is 11.3. The number of nitrogens with zero attached hydrogens (tertiary/aromatic N) is 4. The van der Waals surface area contributed by atoms with Crippen molar-refractivity contribution in [2.24, 2.45) is 20.5 Å². The number of sulfone groups is 1. The van der Waals surface area contributed by atoms with Crippen LogP contribution >= 0.6 is 0 Å². The Morgan fingerprint density at radius 3 is 2.20 bits per heavy atom. The fourth-order valence-electron chi connectivity index (χ4n) is 3.81. The molecule has 3 aromatic carbocycles. The first-order valence-corrected chi connectivity index (χ1v) is 15.9. The summed E-state index contributed by atoms with van der Waals surface area (Å²) >= 11 is 0. The highest BCUT2D eigenvalue weighted by molar-refractivity contribution is 7.91. The van der Waals surface area contributed by atoms with Crippen LogP contribution in [-0.4, -0.2) is 71.3 Å². The van der Waals surface area contributed by atoms with E-state index in [1.807, 2.05) is 0 Å². The molecule has 16 nitrogen and oxygen atoms in total. The first-order valence-electron chi connectivity index (χ1n) is 12.7. The summed E-state index contributed by atoms with van der Waals surface area (Å²) in [5.74, 6) is -1.01. The van der Waals surface area contributed by atoms with Crippen LogP contribution in [0.5, 0.6) is 5.75 Å². The van der Waals surface area contributed by atoms with E-state index in [4.69, 9.17) is 26.0 Å². The highest BCUT2D eigenvalue weighted by Gasteiger charge is 2.23. The van der Waals surface area contributed by atoms with E-state index in [0.717, 1.165) is 6.07 Å². The van der Waals surface area contributed by atoms with Crippen molar-refractivity contribution < 1.29 is 40.8 Å². The third kappa shape index (κ3) is 8.25. The van der Waals surface area contributed by atoms with E-state index in [1.54, 1.807) is 31.2 Å². The number of methoxy groups -OCH3 is 2. The Labute approximate surface area is 253 Å². The summed E-state index contributed by atoms with van der Waals surface area (Å²) < 4.78 is 67.9. The number of hydrogen-bond donors (Lipinski definition) is 5. The minimum Gasteiger partial charge on any atom is -0.494 e. The first-order chi connectivity index (χ1) is 20.7. The number of ether oxygens (including phenoxy) is 2. The zero-order chi connectivity index (χ0) is 32.7. The van der Waals surface area contributed by atoms with Gasteiger partial charge in [-0.1, -0.05) is 12.1 Å². The van der Waals surface area contributed by atoms with Gasteiger partial charge in [-0.3, -0.25) is 4.55 Å². The van der Waals surface area contributed by atoms with E-state index in [0.29, 0.717) is 11.3 Å². The molecule has 0 unspecified atom stereocenters. The highest BCUT2D eigenvalue weighted by atomic mass is 32.2. The van der Waals surface area contributed by atoms with Crippen LogP contribution in [0.1, 0.15) is 15.9 Å². The number of anilines is 3. The Bertz CT molecular complexity index is 1830. The maximum absolute atomic E-state index is 12.1. The molecule has 0 aliphatic rings. The monoisotopic (exact) mass is 649 g/mol. The lowest BCUT2D eigenvalue weighted by atomic mass is 10.1. The van der Waals surface area contributed by atoms with Gasteiger partial charge in [-0.15, -0.1) is 20.5 Å². The van der Waals surface area contributed by atoms with Gasteiger partial charge in [-0.25, -0.2) is 13.2 Å². The van der Waals surface area contributed by atoms with Gasteiger partial charge in [0.1, 0.15) is 33.4 Å². The van der Waals surface area contributed by atoms with Gasteiger partial charge in [0.15, 0.2) is 9.84 Å². The maximum Gasteiger partial charge on any atom is 0.340 e. The summed E-state index contributed by atoms with van der Waals surface area (Å²) in [6.07, 6.45) is 0. The van der Waals surface area contributed by atoms with Crippen LogP contribution in [0.3, 0.4) is 0 Å². The van der Waals surface area contributed by atoms with Crippen molar-refractivity contribution in [2.75, 3.05) is 55.7 Å². The molecule has 0 aliphatic heterocycles. The molecule has 0 saturated carbocycles. The average molecular weight is 650 g/mol. The molecule has 0 bridgehead atoms. The second-order valence-corrected chi connectivity index (χ2v) is 12.8. The standard InChI is InChI=1S/C26H31N7O9S2/c1-15-12-19(21(41-2)13-18(15)29-8-10-43(36,37)11-9-34)31-32-20-14-22(44(38,39)40)24(28)25(23(20)27)33-30-17-7-5-4-6-16(17)26(35)42-3/h4-7,12-14,29,34H,8-11,27-28H2,1-3H3,(H,38,39,40)/b32-31+,33-30+. The van der Waals surface area contributed by atoms with Gasteiger partial charge in [0.25, 0.3) is 10.1 Å². The molecular weight excluding hydrogens is 618 g/mol. The summed E-state index contributed by atoms with van der Waals surface area (Å²) in [6.45, 7) is 1.34.